The maximum Gasteiger partial charge on any atom is 0.328 e. The van der Waals surface area contributed by atoms with Gasteiger partial charge in [0.25, 0.3) is 5.91 Å². The maximum absolute atomic E-state index is 11.3. The molecular weight excluding hydrogens is 248 g/mol. The van der Waals surface area contributed by atoms with Crippen LogP contribution in [0.15, 0.2) is 18.2 Å². The third-order valence-electron chi connectivity index (χ3n) is 2.14. The van der Waals surface area contributed by atoms with Gasteiger partial charge in [0.2, 0.25) is 0 Å². The Labute approximate surface area is 111 Å². The van der Waals surface area contributed by atoms with Crippen LogP contribution in [0.3, 0.4) is 0 Å². The zero-order chi connectivity index (χ0) is 14.3. The van der Waals surface area contributed by atoms with E-state index in [0.717, 1.165) is 11.8 Å². The second-order valence-electron chi connectivity index (χ2n) is 3.75. The average Bonchev–Trinajstić information content (AvgIpc) is 2.35. The lowest BCUT2D eigenvalue weighted by atomic mass is 10.2. The first-order valence-corrected chi connectivity index (χ1v) is 5.81. The summed E-state index contributed by atoms with van der Waals surface area (Å²) >= 11 is 0. The Morgan fingerprint density at radius 2 is 2.21 bits per heavy atom. The minimum atomic E-state index is -1.07. The highest BCUT2D eigenvalue weighted by molar-refractivity contribution is 5.85. The van der Waals surface area contributed by atoms with Crippen molar-refractivity contribution in [2.24, 2.45) is 0 Å². The highest BCUT2D eigenvalue weighted by atomic mass is 16.5. The molecule has 0 aliphatic heterocycles. The first-order valence-electron chi connectivity index (χ1n) is 5.81. The number of nitrogens with zero attached hydrogens (tertiary/aromatic N) is 1. The minimum Gasteiger partial charge on any atom is -0.482 e. The summed E-state index contributed by atoms with van der Waals surface area (Å²) in [7, 11) is 0. The monoisotopic (exact) mass is 264 g/mol. The number of rotatable bonds is 6. The molecule has 1 aromatic rings. The number of carbonyl (C=O) groups is 2. The normalized spacial score (nSPS) is 10.4. The van der Waals surface area contributed by atoms with E-state index >= 15 is 0 Å². The molecule has 19 heavy (non-hydrogen) atoms. The second kappa shape index (κ2) is 7.15. The van der Waals surface area contributed by atoms with Crippen LogP contribution in [-0.4, -0.2) is 35.1 Å². The summed E-state index contributed by atoms with van der Waals surface area (Å²) in [6.07, 6.45) is 2.31. The molecule has 102 valence electrons. The number of hydrogen-bond acceptors (Lipinski definition) is 4. The summed E-state index contributed by atoms with van der Waals surface area (Å²) in [5.74, 6) is -0.941. The average molecular weight is 264 g/mol. The van der Waals surface area contributed by atoms with Crippen LogP contribution in [0.1, 0.15) is 18.3 Å². The van der Waals surface area contributed by atoms with E-state index in [2.05, 4.69) is 10.3 Å². The van der Waals surface area contributed by atoms with Crippen molar-refractivity contribution in [1.29, 1.82) is 0 Å². The molecular formula is C13H16N2O4. The molecule has 1 amide bonds. The lowest BCUT2D eigenvalue weighted by Crippen LogP contribution is -2.28. The third kappa shape index (κ3) is 5.20. The highest BCUT2D eigenvalue weighted by Crippen LogP contribution is 2.18. The van der Waals surface area contributed by atoms with Gasteiger partial charge in [0.05, 0.1) is 0 Å². The molecule has 0 bridgehead atoms. The molecule has 0 aromatic carbocycles. The number of aliphatic carboxylic acids is 1. The Morgan fingerprint density at radius 1 is 1.47 bits per heavy atom. The van der Waals surface area contributed by atoms with Crippen LogP contribution in [0.25, 0.3) is 6.08 Å². The number of nitrogens with one attached hydrogen (secondary N) is 1. The van der Waals surface area contributed by atoms with Crippen molar-refractivity contribution in [3.05, 3.63) is 29.6 Å². The number of aromatic nitrogens is 1. The zero-order valence-corrected chi connectivity index (χ0v) is 10.8. The first-order chi connectivity index (χ1) is 9.02. The Hall–Kier alpha value is -2.37. The Balaban J connectivity index is 2.81. The number of likely N-dealkylation sites (N-methyl/N-ethyl adjacent to an activating group) is 1. The van der Waals surface area contributed by atoms with E-state index in [4.69, 9.17) is 9.84 Å². The van der Waals surface area contributed by atoms with Crippen LogP contribution in [0, 0.1) is 6.92 Å². The molecule has 0 fully saturated rings. The Morgan fingerprint density at radius 3 is 2.84 bits per heavy atom. The van der Waals surface area contributed by atoms with E-state index in [1.54, 1.807) is 19.1 Å². The second-order valence-corrected chi connectivity index (χ2v) is 3.75. The number of hydrogen-bond donors (Lipinski definition) is 2. The fraction of sp³-hybridized carbons (Fsp3) is 0.308. The van der Waals surface area contributed by atoms with Gasteiger partial charge in [-0.25, -0.2) is 9.78 Å². The Kier molecular flexibility index (Phi) is 5.53. The molecule has 0 radical (unpaired) electrons. The summed E-state index contributed by atoms with van der Waals surface area (Å²) in [5.41, 5.74) is 1.11. The van der Waals surface area contributed by atoms with E-state index in [1.165, 1.54) is 6.08 Å². The minimum absolute atomic E-state index is 0.132. The topological polar surface area (TPSA) is 88.5 Å². The largest absolute Gasteiger partial charge is 0.482 e. The van der Waals surface area contributed by atoms with E-state index in [9.17, 15) is 9.59 Å². The van der Waals surface area contributed by atoms with Crippen LogP contribution < -0.4 is 10.1 Å². The fourth-order valence-electron chi connectivity index (χ4n) is 1.35. The maximum atomic E-state index is 11.3. The van der Waals surface area contributed by atoms with Gasteiger partial charge in [-0.3, -0.25) is 4.79 Å². The van der Waals surface area contributed by atoms with E-state index < -0.39 is 5.97 Å². The van der Waals surface area contributed by atoms with Gasteiger partial charge in [0.1, 0.15) is 11.4 Å². The van der Waals surface area contributed by atoms with Gasteiger partial charge in [0, 0.05) is 18.3 Å². The lowest BCUT2D eigenvalue weighted by Gasteiger charge is -2.09. The predicted molar refractivity (Wildman–Crippen MR) is 69.8 cm³/mol. The van der Waals surface area contributed by atoms with Gasteiger partial charge < -0.3 is 15.2 Å². The summed E-state index contributed by atoms with van der Waals surface area (Å²) in [4.78, 5) is 26.0. The number of amides is 1. The smallest absolute Gasteiger partial charge is 0.328 e. The van der Waals surface area contributed by atoms with E-state index in [-0.39, 0.29) is 12.5 Å². The van der Waals surface area contributed by atoms with Gasteiger partial charge >= 0.3 is 5.97 Å². The molecule has 0 aliphatic carbocycles. The summed E-state index contributed by atoms with van der Waals surface area (Å²) < 4.78 is 5.32. The number of aryl methyl sites for hydroxylation is 1. The lowest BCUT2D eigenvalue weighted by molar-refractivity contribution is -0.131. The standard InChI is InChI=1S/C13H16N2O4/c1-3-14-12(16)8-19-11-6-4-9(2)15-10(11)5-7-13(17)18/h4-7H,3,8H2,1-2H3,(H,14,16)(H,17,18). The Bertz CT molecular complexity index is 497. The SMILES string of the molecule is CCNC(=O)COc1ccc(C)nc1C=CC(=O)O. The van der Waals surface area contributed by atoms with Crippen molar-refractivity contribution in [2.45, 2.75) is 13.8 Å². The molecule has 2 N–H and O–H groups in total. The molecule has 6 heteroatoms. The van der Waals surface area contributed by atoms with Crippen molar-refractivity contribution in [2.75, 3.05) is 13.2 Å². The molecule has 0 atom stereocenters. The molecule has 6 nitrogen and oxygen atoms in total. The van der Waals surface area contributed by atoms with E-state index in [1.807, 2.05) is 6.92 Å². The molecule has 0 aliphatic rings. The summed E-state index contributed by atoms with van der Waals surface area (Å²) in [5, 5.41) is 11.2. The van der Waals surface area contributed by atoms with Gasteiger partial charge in [-0.2, -0.15) is 0 Å². The van der Waals surface area contributed by atoms with Crippen LogP contribution in [0.5, 0.6) is 5.75 Å². The number of pyridine rings is 1. The number of carbonyl (C=O) groups excluding carboxylic acids is 1. The third-order valence-corrected chi connectivity index (χ3v) is 2.14. The molecule has 1 heterocycles. The number of carboxylic acids is 1. The van der Waals surface area contributed by atoms with Crippen molar-refractivity contribution in [1.82, 2.24) is 10.3 Å². The van der Waals surface area contributed by atoms with Gasteiger partial charge in [-0.05, 0) is 32.1 Å². The molecule has 1 rings (SSSR count). The highest BCUT2D eigenvalue weighted by Gasteiger charge is 2.06. The van der Waals surface area contributed by atoms with Crippen LogP contribution in [0.2, 0.25) is 0 Å². The number of ether oxygens (including phenoxy) is 1. The van der Waals surface area contributed by atoms with Crippen LogP contribution >= 0.6 is 0 Å². The summed E-state index contributed by atoms with van der Waals surface area (Å²) in [6.45, 7) is 3.99. The van der Waals surface area contributed by atoms with Crippen LogP contribution in [-0.2, 0) is 9.59 Å². The molecule has 0 saturated carbocycles. The van der Waals surface area contributed by atoms with E-state index in [0.29, 0.717) is 18.0 Å². The van der Waals surface area contributed by atoms with Gasteiger partial charge in [-0.15, -0.1) is 0 Å². The zero-order valence-electron chi connectivity index (χ0n) is 10.8. The fourth-order valence-corrected chi connectivity index (χ4v) is 1.35. The number of carboxylic acid groups (broad SMARTS) is 1. The van der Waals surface area contributed by atoms with Crippen molar-refractivity contribution >= 4 is 18.0 Å². The molecule has 0 spiro atoms. The molecule has 1 aromatic heterocycles. The van der Waals surface area contributed by atoms with Gasteiger partial charge in [0.15, 0.2) is 6.61 Å². The van der Waals surface area contributed by atoms with Crippen molar-refractivity contribution in [3.8, 4) is 5.75 Å². The summed E-state index contributed by atoms with van der Waals surface area (Å²) in [6, 6.07) is 3.38. The molecule has 0 unspecified atom stereocenters. The van der Waals surface area contributed by atoms with Crippen LogP contribution in [0.4, 0.5) is 0 Å². The van der Waals surface area contributed by atoms with Gasteiger partial charge in [-0.1, -0.05) is 0 Å². The van der Waals surface area contributed by atoms with Crippen molar-refractivity contribution < 1.29 is 19.4 Å². The predicted octanol–water partition coefficient (Wildman–Crippen LogP) is 1.00. The quantitative estimate of drug-likeness (QED) is 0.748. The van der Waals surface area contributed by atoms with Crippen molar-refractivity contribution in [3.63, 3.8) is 0 Å². The molecule has 0 saturated heterocycles. The first kappa shape index (κ1) is 14.7.